The molecule has 1 nitrogen and oxygen atoms in total. The van der Waals surface area contributed by atoms with Crippen LogP contribution < -0.4 is 4.74 Å². The van der Waals surface area contributed by atoms with E-state index in [2.05, 4.69) is 31.7 Å². The molecule has 0 aliphatic carbocycles. The van der Waals surface area contributed by atoms with Crippen molar-refractivity contribution in [1.82, 2.24) is 0 Å². The molecule has 1 aromatic carbocycles. The third-order valence-electron chi connectivity index (χ3n) is 1.94. The van der Waals surface area contributed by atoms with Crippen LogP contribution in [0.2, 0.25) is 0 Å². The van der Waals surface area contributed by atoms with Crippen molar-refractivity contribution in [3.63, 3.8) is 0 Å². The Morgan fingerprint density at radius 1 is 1.50 bits per heavy atom. The highest BCUT2D eigenvalue weighted by atomic mass is 32.1. The van der Waals surface area contributed by atoms with Crippen LogP contribution >= 0.6 is 12.6 Å². The van der Waals surface area contributed by atoms with E-state index in [0.29, 0.717) is 5.92 Å². The predicted octanol–water partition coefficient (Wildman–Crippen LogP) is 2.73. The van der Waals surface area contributed by atoms with Crippen molar-refractivity contribution >= 4 is 12.6 Å². The average Bonchev–Trinajstić information content (AvgIpc) is 2.17. The van der Waals surface area contributed by atoms with Gasteiger partial charge in [-0.1, -0.05) is 19.1 Å². The molecule has 0 fully saturated rings. The molecule has 0 N–H and O–H groups in total. The quantitative estimate of drug-likeness (QED) is 0.707. The molecule has 12 heavy (non-hydrogen) atoms. The van der Waals surface area contributed by atoms with Crippen LogP contribution in [0.3, 0.4) is 0 Å². The normalized spacial score (nSPS) is 12.6. The van der Waals surface area contributed by atoms with Gasteiger partial charge < -0.3 is 4.74 Å². The monoisotopic (exact) mass is 182 g/mol. The SMILES string of the molecule is COc1cccc(C(C)CS)c1. The second-order valence-electron chi connectivity index (χ2n) is 2.86. The molecule has 1 atom stereocenters. The molecular formula is C10H14OS. The molecule has 0 aliphatic rings. The molecule has 1 unspecified atom stereocenters. The Morgan fingerprint density at radius 3 is 2.83 bits per heavy atom. The van der Waals surface area contributed by atoms with Gasteiger partial charge in [-0.3, -0.25) is 0 Å². The van der Waals surface area contributed by atoms with Crippen molar-refractivity contribution in [2.45, 2.75) is 12.8 Å². The van der Waals surface area contributed by atoms with Crippen LogP contribution in [0.1, 0.15) is 18.4 Å². The molecule has 2 heteroatoms. The summed E-state index contributed by atoms with van der Waals surface area (Å²) < 4.78 is 5.12. The van der Waals surface area contributed by atoms with E-state index in [1.165, 1.54) is 5.56 Å². The zero-order valence-corrected chi connectivity index (χ0v) is 8.34. The summed E-state index contributed by atoms with van der Waals surface area (Å²) in [5, 5.41) is 0. The number of hydrogen-bond acceptors (Lipinski definition) is 2. The van der Waals surface area contributed by atoms with Gasteiger partial charge in [0.15, 0.2) is 0 Å². The maximum absolute atomic E-state index is 5.12. The first-order valence-corrected chi connectivity index (χ1v) is 4.66. The smallest absolute Gasteiger partial charge is 0.119 e. The lowest BCUT2D eigenvalue weighted by atomic mass is 10.0. The van der Waals surface area contributed by atoms with E-state index >= 15 is 0 Å². The zero-order valence-electron chi connectivity index (χ0n) is 7.45. The van der Waals surface area contributed by atoms with Gasteiger partial charge in [0.05, 0.1) is 7.11 Å². The molecule has 66 valence electrons. The molecule has 0 radical (unpaired) electrons. The topological polar surface area (TPSA) is 9.23 Å². The molecule has 0 spiro atoms. The van der Waals surface area contributed by atoms with E-state index in [-0.39, 0.29) is 0 Å². The van der Waals surface area contributed by atoms with Crippen LogP contribution in [0.4, 0.5) is 0 Å². The van der Waals surface area contributed by atoms with Crippen LogP contribution in [0.25, 0.3) is 0 Å². The van der Waals surface area contributed by atoms with E-state index in [0.717, 1.165) is 11.5 Å². The van der Waals surface area contributed by atoms with E-state index in [9.17, 15) is 0 Å². The first-order valence-electron chi connectivity index (χ1n) is 4.02. The second kappa shape index (κ2) is 4.41. The zero-order chi connectivity index (χ0) is 8.97. The van der Waals surface area contributed by atoms with Crippen molar-refractivity contribution in [2.75, 3.05) is 12.9 Å². The summed E-state index contributed by atoms with van der Waals surface area (Å²) in [6.45, 7) is 2.15. The van der Waals surface area contributed by atoms with Gasteiger partial charge in [0, 0.05) is 0 Å². The number of ether oxygens (including phenoxy) is 1. The number of rotatable bonds is 3. The fraction of sp³-hybridized carbons (Fsp3) is 0.400. The highest BCUT2D eigenvalue weighted by molar-refractivity contribution is 7.80. The lowest BCUT2D eigenvalue weighted by molar-refractivity contribution is 0.414. The Balaban J connectivity index is 2.86. The molecule has 1 aromatic rings. The van der Waals surface area contributed by atoms with Crippen molar-refractivity contribution < 1.29 is 4.74 Å². The van der Waals surface area contributed by atoms with Crippen molar-refractivity contribution in [2.24, 2.45) is 0 Å². The summed E-state index contributed by atoms with van der Waals surface area (Å²) in [7, 11) is 1.68. The van der Waals surface area contributed by atoms with Crippen LogP contribution in [-0.4, -0.2) is 12.9 Å². The third-order valence-corrected chi connectivity index (χ3v) is 2.48. The Labute approximate surface area is 79.2 Å². The maximum Gasteiger partial charge on any atom is 0.119 e. The van der Waals surface area contributed by atoms with Gasteiger partial charge in [-0.15, -0.1) is 0 Å². The fourth-order valence-corrected chi connectivity index (χ4v) is 1.26. The molecule has 0 amide bonds. The summed E-state index contributed by atoms with van der Waals surface area (Å²) >= 11 is 4.25. The molecule has 0 aliphatic heterocycles. The largest absolute Gasteiger partial charge is 0.497 e. The number of hydrogen-bond donors (Lipinski definition) is 1. The number of benzene rings is 1. The average molecular weight is 182 g/mol. The van der Waals surface area contributed by atoms with Gasteiger partial charge in [0.2, 0.25) is 0 Å². The van der Waals surface area contributed by atoms with Crippen molar-refractivity contribution in [3.8, 4) is 5.75 Å². The van der Waals surface area contributed by atoms with E-state index in [1.807, 2.05) is 12.1 Å². The van der Waals surface area contributed by atoms with Crippen LogP contribution in [0, 0.1) is 0 Å². The summed E-state index contributed by atoms with van der Waals surface area (Å²) in [5.74, 6) is 2.28. The molecule has 0 bridgehead atoms. The van der Waals surface area contributed by atoms with E-state index in [4.69, 9.17) is 4.74 Å². The Bertz CT molecular complexity index is 247. The summed E-state index contributed by atoms with van der Waals surface area (Å²) in [6, 6.07) is 8.12. The first-order chi connectivity index (χ1) is 5.77. The van der Waals surface area contributed by atoms with Crippen molar-refractivity contribution in [1.29, 1.82) is 0 Å². The lowest BCUT2D eigenvalue weighted by Gasteiger charge is -2.09. The Kier molecular flexibility index (Phi) is 3.48. The van der Waals surface area contributed by atoms with E-state index < -0.39 is 0 Å². The van der Waals surface area contributed by atoms with Crippen LogP contribution in [0.5, 0.6) is 5.75 Å². The van der Waals surface area contributed by atoms with Gasteiger partial charge in [-0.05, 0) is 29.4 Å². The van der Waals surface area contributed by atoms with Gasteiger partial charge >= 0.3 is 0 Å². The third kappa shape index (κ3) is 2.18. The summed E-state index contributed by atoms with van der Waals surface area (Å²) in [6.07, 6.45) is 0. The maximum atomic E-state index is 5.12. The highest BCUT2D eigenvalue weighted by Gasteiger charge is 2.03. The summed E-state index contributed by atoms with van der Waals surface area (Å²) in [5.41, 5.74) is 1.28. The highest BCUT2D eigenvalue weighted by Crippen LogP contribution is 2.20. The molecule has 0 saturated heterocycles. The number of thiol groups is 1. The van der Waals surface area contributed by atoms with Crippen LogP contribution in [0.15, 0.2) is 24.3 Å². The van der Waals surface area contributed by atoms with Gasteiger partial charge in [0.1, 0.15) is 5.75 Å². The molecule has 1 rings (SSSR count). The second-order valence-corrected chi connectivity index (χ2v) is 3.23. The van der Waals surface area contributed by atoms with Gasteiger partial charge in [-0.25, -0.2) is 0 Å². The van der Waals surface area contributed by atoms with Gasteiger partial charge in [0.25, 0.3) is 0 Å². The van der Waals surface area contributed by atoms with E-state index in [1.54, 1.807) is 7.11 Å². The number of methoxy groups -OCH3 is 1. The van der Waals surface area contributed by atoms with Gasteiger partial charge in [-0.2, -0.15) is 12.6 Å². The first kappa shape index (κ1) is 9.46. The minimum absolute atomic E-state index is 0.489. The Hall–Kier alpha value is -0.630. The van der Waals surface area contributed by atoms with Crippen molar-refractivity contribution in [3.05, 3.63) is 29.8 Å². The lowest BCUT2D eigenvalue weighted by Crippen LogP contribution is -1.94. The fourth-order valence-electron chi connectivity index (χ4n) is 1.05. The molecule has 0 aromatic heterocycles. The standard InChI is InChI=1S/C10H14OS/c1-8(7-12)9-4-3-5-10(6-9)11-2/h3-6,8,12H,7H2,1-2H3. The molecule has 0 heterocycles. The van der Waals surface area contributed by atoms with Crippen LogP contribution in [-0.2, 0) is 0 Å². The molecule has 0 saturated carbocycles. The predicted molar refractivity (Wildman–Crippen MR) is 55.3 cm³/mol. The minimum atomic E-state index is 0.489. The summed E-state index contributed by atoms with van der Waals surface area (Å²) in [4.78, 5) is 0. The minimum Gasteiger partial charge on any atom is -0.497 e. The molecular weight excluding hydrogens is 168 g/mol. The Morgan fingerprint density at radius 2 is 2.25 bits per heavy atom.